The van der Waals surface area contributed by atoms with Gasteiger partial charge in [0.05, 0.1) is 0 Å². The van der Waals surface area contributed by atoms with Crippen molar-refractivity contribution in [1.82, 2.24) is 5.32 Å². The Hall–Kier alpha value is -1.22. The SMILES string of the molecule is CNCC(=Cc1ccc(F)c(F)c1)C(C)C. The molecule has 0 aliphatic carbocycles. The van der Waals surface area contributed by atoms with Gasteiger partial charge in [0, 0.05) is 6.54 Å². The molecule has 0 amide bonds. The first kappa shape index (κ1) is 12.8. The lowest BCUT2D eigenvalue weighted by atomic mass is 10.0. The summed E-state index contributed by atoms with van der Waals surface area (Å²) in [5, 5.41) is 3.06. The molecule has 0 aliphatic rings. The Morgan fingerprint density at radius 1 is 1.31 bits per heavy atom. The van der Waals surface area contributed by atoms with Crippen molar-refractivity contribution in [1.29, 1.82) is 0 Å². The number of hydrogen-bond acceptors (Lipinski definition) is 1. The summed E-state index contributed by atoms with van der Waals surface area (Å²) in [5.41, 5.74) is 1.85. The molecule has 1 aromatic rings. The summed E-state index contributed by atoms with van der Waals surface area (Å²) in [4.78, 5) is 0. The molecule has 0 unspecified atom stereocenters. The summed E-state index contributed by atoms with van der Waals surface area (Å²) in [6.45, 7) is 4.89. The third kappa shape index (κ3) is 3.42. The van der Waals surface area contributed by atoms with Crippen LogP contribution in [0.25, 0.3) is 6.08 Å². The van der Waals surface area contributed by atoms with Crippen LogP contribution in [-0.4, -0.2) is 13.6 Å². The first-order valence-corrected chi connectivity index (χ1v) is 5.34. The van der Waals surface area contributed by atoms with E-state index in [2.05, 4.69) is 19.2 Å². The van der Waals surface area contributed by atoms with E-state index in [1.807, 2.05) is 13.1 Å². The van der Waals surface area contributed by atoms with Crippen LogP contribution in [-0.2, 0) is 0 Å². The average Bonchev–Trinajstić information content (AvgIpc) is 2.22. The predicted molar refractivity (Wildman–Crippen MR) is 63.1 cm³/mol. The van der Waals surface area contributed by atoms with Crippen molar-refractivity contribution in [3.05, 3.63) is 41.0 Å². The van der Waals surface area contributed by atoms with Gasteiger partial charge in [0.25, 0.3) is 0 Å². The zero-order valence-electron chi connectivity index (χ0n) is 9.85. The van der Waals surface area contributed by atoms with Gasteiger partial charge in [-0.25, -0.2) is 8.78 Å². The smallest absolute Gasteiger partial charge is 0.159 e. The van der Waals surface area contributed by atoms with Gasteiger partial charge in [0.15, 0.2) is 11.6 Å². The van der Waals surface area contributed by atoms with Gasteiger partial charge in [-0.3, -0.25) is 0 Å². The Labute approximate surface area is 95.2 Å². The monoisotopic (exact) mass is 225 g/mol. The maximum Gasteiger partial charge on any atom is 0.159 e. The molecule has 1 rings (SSSR count). The molecule has 0 aliphatic heterocycles. The zero-order chi connectivity index (χ0) is 12.1. The number of hydrogen-bond donors (Lipinski definition) is 1. The Morgan fingerprint density at radius 2 is 2.00 bits per heavy atom. The second kappa shape index (κ2) is 5.75. The molecule has 3 heteroatoms. The molecule has 0 atom stereocenters. The highest BCUT2D eigenvalue weighted by molar-refractivity contribution is 5.53. The van der Waals surface area contributed by atoms with Crippen LogP contribution in [0.4, 0.5) is 8.78 Å². The van der Waals surface area contributed by atoms with Gasteiger partial charge in [-0.1, -0.05) is 31.6 Å². The van der Waals surface area contributed by atoms with Crippen molar-refractivity contribution in [2.24, 2.45) is 5.92 Å². The van der Waals surface area contributed by atoms with Crippen molar-refractivity contribution in [3.63, 3.8) is 0 Å². The van der Waals surface area contributed by atoms with E-state index in [1.165, 1.54) is 6.07 Å². The maximum absolute atomic E-state index is 13.0. The quantitative estimate of drug-likeness (QED) is 0.829. The minimum absolute atomic E-state index is 0.376. The molecule has 0 spiro atoms. The highest BCUT2D eigenvalue weighted by atomic mass is 19.2. The van der Waals surface area contributed by atoms with Gasteiger partial charge in [0.2, 0.25) is 0 Å². The van der Waals surface area contributed by atoms with Gasteiger partial charge < -0.3 is 5.32 Å². The fraction of sp³-hybridized carbons (Fsp3) is 0.385. The van der Waals surface area contributed by atoms with E-state index >= 15 is 0 Å². The van der Waals surface area contributed by atoms with Crippen LogP contribution in [0.1, 0.15) is 19.4 Å². The molecule has 0 radical (unpaired) electrons. The summed E-state index contributed by atoms with van der Waals surface area (Å²) in [6, 6.07) is 3.95. The standard InChI is InChI=1S/C13H17F2N/c1-9(2)11(8-16-3)6-10-4-5-12(14)13(15)7-10/h4-7,9,16H,8H2,1-3H3. The lowest BCUT2D eigenvalue weighted by Crippen LogP contribution is -2.13. The number of nitrogens with one attached hydrogen (secondary N) is 1. The van der Waals surface area contributed by atoms with Crippen LogP contribution < -0.4 is 5.32 Å². The molecule has 1 aromatic carbocycles. The lowest BCUT2D eigenvalue weighted by molar-refractivity contribution is 0.508. The van der Waals surface area contributed by atoms with E-state index in [0.29, 0.717) is 11.5 Å². The molecule has 16 heavy (non-hydrogen) atoms. The first-order chi connectivity index (χ1) is 7.54. The molecular formula is C13H17F2N. The van der Waals surface area contributed by atoms with Gasteiger partial charge >= 0.3 is 0 Å². The van der Waals surface area contributed by atoms with E-state index < -0.39 is 11.6 Å². The molecule has 0 saturated heterocycles. The van der Waals surface area contributed by atoms with Crippen LogP contribution in [0.3, 0.4) is 0 Å². The Kier molecular flexibility index (Phi) is 4.62. The highest BCUT2D eigenvalue weighted by Gasteiger charge is 2.04. The Morgan fingerprint density at radius 3 is 2.50 bits per heavy atom. The minimum Gasteiger partial charge on any atom is -0.316 e. The molecule has 1 N–H and O–H groups in total. The lowest BCUT2D eigenvalue weighted by Gasteiger charge is -2.11. The van der Waals surface area contributed by atoms with E-state index in [4.69, 9.17) is 0 Å². The summed E-state index contributed by atoms with van der Waals surface area (Å²) in [6.07, 6.45) is 1.89. The predicted octanol–water partition coefficient (Wildman–Crippen LogP) is 3.22. The molecule has 0 aromatic heterocycles. The average molecular weight is 225 g/mol. The van der Waals surface area contributed by atoms with Gasteiger partial charge in [-0.2, -0.15) is 0 Å². The van der Waals surface area contributed by atoms with Crippen molar-refractivity contribution < 1.29 is 8.78 Å². The van der Waals surface area contributed by atoms with Crippen molar-refractivity contribution in [2.45, 2.75) is 13.8 Å². The molecule has 88 valence electrons. The summed E-state index contributed by atoms with van der Waals surface area (Å²) in [7, 11) is 1.86. The van der Waals surface area contributed by atoms with E-state index in [9.17, 15) is 8.78 Å². The fourth-order valence-electron chi connectivity index (χ4n) is 1.44. The fourth-order valence-corrected chi connectivity index (χ4v) is 1.44. The van der Waals surface area contributed by atoms with Crippen LogP contribution in [0, 0.1) is 17.6 Å². The third-order valence-electron chi connectivity index (χ3n) is 2.42. The van der Waals surface area contributed by atoms with Crippen molar-refractivity contribution in [3.8, 4) is 0 Å². The molecular weight excluding hydrogens is 208 g/mol. The topological polar surface area (TPSA) is 12.0 Å². The number of rotatable bonds is 4. The van der Waals surface area contributed by atoms with Crippen LogP contribution >= 0.6 is 0 Å². The van der Waals surface area contributed by atoms with Gasteiger partial charge in [0.1, 0.15) is 0 Å². The van der Waals surface area contributed by atoms with Crippen LogP contribution in [0.2, 0.25) is 0 Å². The molecule has 1 nitrogen and oxygen atoms in total. The molecule has 0 saturated carbocycles. The van der Waals surface area contributed by atoms with E-state index in [0.717, 1.165) is 18.2 Å². The van der Waals surface area contributed by atoms with Crippen molar-refractivity contribution in [2.75, 3.05) is 13.6 Å². The third-order valence-corrected chi connectivity index (χ3v) is 2.42. The van der Waals surface area contributed by atoms with Gasteiger partial charge in [-0.15, -0.1) is 0 Å². The first-order valence-electron chi connectivity index (χ1n) is 5.34. The number of likely N-dealkylation sites (N-methyl/N-ethyl adjacent to an activating group) is 1. The Balaban J connectivity index is 2.98. The number of halogens is 2. The molecule has 0 bridgehead atoms. The molecule has 0 fully saturated rings. The zero-order valence-corrected chi connectivity index (χ0v) is 9.85. The minimum atomic E-state index is -0.808. The van der Waals surface area contributed by atoms with E-state index in [-0.39, 0.29) is 0 Å². The molecule has 0 heterocycles. The van der Waals surface area contributed by atoms with Crippen LogP contribution in [0.15, 0.2) is 23.8 Å². The Bertz CT molecular complexity index is 384. The van der Waals surface area contributed by atoms with E-state index in [1.54, 1.807) is 6.07 Å². The maximum atomic E-state index is 13.0. The van der Waals surface area contributed by atoms with Gasteiger partial charge in [-0.05, 0) is 30.7 Å². The summed E-state index contributed by atoms with van der Waals surface area (Å²) < 4.78 is 25.7. The largest absolute Gasteiger partial charge is 0.316 e. The normalized spacial score (nSPS) is 12.2. The second-order valence-electron chi connectivity index (χ2n) is 4.08. The second-order valence-corrected chi connectivity index (χ2v) is 4.08. The highest BCUT2D eigenvalue weighted by Crippen LogP contribution is 2.16. The summed E-state index contributed by atoms with van der Waals surface area (Å²) >= 11 is 0. The number of benzene rings is 1. The van der Waals surface area contributed by atoms with Crippen LogP contribution in [0.5, 0.6) is 0 Å². The summed E-state index contributed by atoms with van der Waals surface area (Å²) in [5.74, 6) is -1.24. The van der Waals surface area contributed by atoms with Crippen molar-refractivity contribution >= 4 is 6.08 Å².